The van der Waals surface area contributed by atoms with Crippen molar-refractivity contribution in [2.45, 2.75) is 32.7 Å². The van der Waals surface area contributed by atoms with Crippen LogP contribution in [-0.2, 0) is 16.8 Å². The highest BCUT2D eigenvalue weighted by Gasteiger charge is 2.25. The van der Waals surface area contributed by atoms with Crippen LogP contribution < -0.4 is 5.90 Å². The number of hydrogen-bond acceptors (Lipinski definition) is 3. The van der Waals surface area contributed by atoms with E-state index in [9.17, 15) is 0 Å². The van der Waals surface area contributed by atoms with Gasteiger partial charge < -0.3 is 9.40 Å². The number of aryl methyl sites for hydroxylation is 1. The summed E-state index contributed by atoms with van der Waals surface area (Å²) >= 11 is 0. The lowest BCUT2D eigenvalue weighted by molar-refractivity contribution is 0.0919. The second-order valence-corrected chi connectivity index (χ2v) is 3.73. The van der Waals surface area contributed by atoms with Crippen molar-refractivity contribution in [3.05, 3.63) is 18.2 Å². The lowest BCUT2D eigenvalue weighted by Gasteiger charge is -2.23. The Morgan fingerprint density at radius 3 is 2.85 bits per heavy atom. The first-order chi connectivity index (χ1) is 6.11. The van der Waals surface area contributed by atoms with Crippen molar-refractivity contribution < 1.29 is 4.84 Å². The fourth-order valence-electron chi connectivity index (χ4n) is 1.42. The van der Waals surface area contributed by atoms with Gasteiger partial charge in [-0.3, -0.25) is 0 Å². The largest absolute Gasteiger partial charge is 0.335 e. The summed E-state index contributed by atoms with van der Waals surface area (Å²) in [6.45, 7) is 7.61. The molecular formula is C9H17N3O. The smallest absolute Gasteiger partial charge is 0.116 e. The topological polar surface area (TPSA) is 53.1 Å². The molecule has 0 aliphatic carbocycles. The van der Waals surface area contributed by atoms with Crippen LogP contribution in [0.4, 0.5) is 0 Å². The third-order valence-electron chi connectivity index (χ3n) is 2.11. The lowest BCUT2D eigenvalue weighted by Crippen LogP contribution is -2.29. The molecule has 74 valence electrons. The van der Waals surface area contributed by atoms with Gasteiger partial charge in [0.1, 0.15) is 5.82 Å². The quantitative estimate of drug-likeness (QED) is 0.710. The maximum absolute atomic E-state index is 5.08. The Kier molecular flexibility index (Phi) is 3.06. The summed E-state index contributed by atoms with van der Waals surface area (Å²) in [5.41, 5.74) is -0.131. The maximum Gasteiger partial charge on any atom is 0.116 e. The SMILES string of the molecule is CCn1ccnc1C(C)(C)CON. The summed E-state index contributed by atoms with van der Waals surface area (Å²) < 4.78 is 2.10. The fraction of sp³-hybridized carbons (Fsp3) is 0.667. The molecule has 0 fully saturated rings. The summed E-state index contributed by atoms with van der Waals surface area (Å²) in [5, 5.41) is 0. The van der Waals surface area contributed by atoms with Crippen LogP contribution in [0.15, 0.2) is 12.4 Å². The summed E-state index contributed by atoms with van der Waals surface area (Å²) in [5.74, 6) is 6.09. The van der Waals surface area contributed by atoms with Crippen molar-refractivity contribution in [2.24, 2.45) is 5.90 Å². The zero-order valence-corrected chi connectivity index (χ0v) is 8.45. The molecule has 4 heteroatoms. The van der Waals surface area contributed by atoms with Crippen LogP contribution in [0.5, 0.6) is 0 Å². The zero-order chi connectivity index (χ0) is 9.90. The first-order valence-corrected chi connectivity index (χ1v) is 4.45. The molecule has 4 nitrogen and oxygen atoms in total. The second-order valence-electron chi connectivity index (χ2n) is 3.73. The number of nitrogens with zero attached hydrogens (tertiary/aromatic N) is 2. The molecule has 0 spiro atoms. The van der Waals surface area contributed by atoms with Crippen molar-refractivity contribution in [1.82, 2.24) is 9.55 Å². The first kappa shape index (κ1) is 10.2. The molecular weight excluding hydrogens is 166 g/mol. The molecule has 0 unspecified atom stereocenters. The third-order valence-corrected chi connectivity index (χ3v) is 2.11. The maximum atomic E-state index is 5.08. The van der Waals surface area contributed by atoms with Crippen molar-refractivity contribution in [3.8, 4) is 0 Å². The van der Waals surface area contributed by atoms with Gasteiger partial charge in [0.2, 0.25) is 0 Å². The van der Waals surface area contributed by atoms with Crippen molar-refractivity contribution >= 4 is 0 Å². The Morgan fingerprint density at radius 1 is 1.62 bits per heavy atom. The fourth-order valence-corrected chi connectivity index (χ4v) is 1.42. The van der Waals surface area contributed by atoms with Gasteiger partial charge in [0, 0.05) is 24.4 Å². The second kappa shape index (κ2) is 3.89. The van der Waals surface area contributed by atoms with Crippen LogP contribution in [-0.4, -0.2) is 16.2 Å². The van der Waals surface area contributed by atoms with Gasteiger partial charge in [-0.05, 0) is 6.92 Å². The van der Waals surface area contributed by atoms with Crippen LogP contribution in [0.2, 0.25) is 0 Å². The number of hydrogen-bond donors (Lipinski definition) is 1. The molecule has 0 atom stereocenters. The van der Waals surface area contributed by atoms with E-state index in [-0.39, 0.29) is 5.41 Å². The number of aromatic nitrogens is 2. The zero-order valence-electron chi connectivity index (χ0n) is 8.45. The average molecular weight is 183 g/mol. The minimum absolute atomic E-state index is 0.131. The van der Waals surface area contributed by atoms with E-state index in [1.807, 2.05) is 6.20 Å². The molecule has 1 aromatic heterocycles. The molecule has 0 aromatic carbocycles. The highest BCUT2D eigenvalue weighted by atomic mass is 16.6. The standard InChI is InChI=1S/C9H17N3O/c1-4-12-6-5-11-8(12)9(2,3)7-13-10/h5-6H,4,7,10H2,1-3H3. The highest BCUT2D eigenvalue weighted by Crippen LogP contribution is 2.21. The number of rotatable bonds is 4. The molecule has 2 N–H and O–H groups in total. The van der Waals surface area contributed by atoms with E-state index in [1.54, 1.807) is 6.20 Å². The Hall–Kier alpha value is -0.870. The van der Waals surface area contributed by atoms with Gasteiger partial charge in [0.05, 0.1) is 6.61 Å². The van der Waals surface area contributed by atoms with Crippen molar-refractivity contribution in [2.75, 3.05) is 6.61 Å². The number of imidazole rings is 1. The van der Waals surface area contributed by atoms with Gasteiger partial charge in [-0.15, -0.1) is 0 Å². The highest BCUT2D eigenvalue weighted by molar-refractivity contribution is 5.06. The van der Waals surface area contributed by atoms with Crippen LogP contribution in [0.25, 0.3) is 0 Å². The van der Waals surface area contributed by atoms with E-state index < -0.39 is 0 Å². The van der Waals surface area contributed by atoms with Gasteiger partial charge in [-0.25, -0.2) is 10.9 Å². The molecule has 1 heterocycles. The molecule has 0 bridgehead atoms. The van der Waals surface area contributed by atoms with Gasteiger partial charge in [-0.1, -0.05) is 13.8 Å². The van der Waals surface area contributed by atoms with E-state index in [4.69, 9.17) is 5.90 Å². The predicted molar refractivity (Wildman–Crippen MR) is 51.1 cm³/mol. The third kappa shape index (κ3) is 2.08. The van der Waals surface area contributed by atoms with E-state index >= 15 is 0 Å². The summed E-state index contributed by atoms with van der Waals surface area (Å²) in [4.78, 5) is 8.98. The molecule has 0 amide bonds. The Morgan fingerprint density at radius 2 is 2.31 bits per heavy atom. The van der Waals surface area contributed by atoms with Gasteiger partial charge >= 0.3 is 0 Å². The molecule has 1 aromatic rings. The molecule has 13 heavy (non-hydrogen) atoms. The Bertz CT molecular complexity index is 268. The van der Waals surface area contributed by atoms with Crippen LogP contribution in [0, 0.1) is 0 Å². The molecule has 0 aliphatic rings. The van der Waals surface area contributed by atoms with Gasteiger partial charge in [0.25, 0.3) is 0 Å². The Balaban J connectivity index is 2.91. The Labute approximate surface area is 78.7 Å². The minimum atomic E-state index is -0.131. The van der Waals surface area contributed by atoms with E-state index in [2.05, 4.69) is 35.2 Å². The van der Waals surface area contributed by atoms with Crippen LogP contribution >= 0.6 is 0 Å². The van der Waals surface area contributed by atoms with Gasteiger partial charge in [0.15, 0.2) is 0 Å². The molecule has 0 saturated carbocycles. The van der Waals surface area contributed by atoms with Gasteiger partial charge in [-0.2, -0.15) is 0 Å². The summed E-state index contributed by atoms with van der Waals surface area (Å²) in [6.07, 6.45) is 3.77. The summed E-state index contributed by atoms with van der Waals surface area (Å²) in [7, 11) is 0. The van der Waals surface area contributed by atoms with E-state index in [1.165, 1.54) is 0 Å². The molecule has 1 rings (SSSR count). The molecule has 0 saturated heterocycles. The molecule has 0 radical (unpaired) electrons. The monoisotopic (exact) mass is 183 g/mol. The van der Waals surface area contributed by atoms with E-state index in [0.717, 1.165) is 12.4 Å². The van der Waals surface area contributed by atoms with Crippen LogP contribution in [0.3, 0.4) is 0 Å². The predicted octanol–water partition coefficient (Wildman–Crippen LogP) is 1.07. The van der Waals surface area contributed by atoms with Crippen molar-refractivity contribution in [1.29, 1.82) is 0 Å². The first-order valence-electron chi connectivity index (χ1n) is 4.45. The van der Waals surface area contributed by atoms with Crippen molar-refractivity contribution in [3.63, 3.8) is 0 Å². The van der Waals surface area contributed by atoms with E-state index in [0.29, 0.717) is 6.61 Å². The number of nitrogens with two attached hydrogens (primary N) is 1. The molecule has 0 aliphatic heterocycles. The minimum Gasteiger partial charge on any atom is -0.335 e. The summed E-state index contributed by atoms with van der Waals surface area (Å²) in [6, 6.07) is 0. The lowest BCUT2D eigenvalue weighted by atomic mass is 9.94. The van der Waals surface area contributed by atoms with Crippen LogP contribution in [0.1, 0.15) is 26.6 Å². The normalized spacial score (nSPS) is 12.0. The average Bonchev–Trinajstić information content (AvgIpc) is 2.51.